The van der Waals surface area contributed by atoms with Crippen LogP contribution in [0.3, 0.4) is 0 Å². The van der Waals surface area contributed by atoms with Crippen molar-refractivity contribution in [3.05, 3.63) is 16.1 Å². The van der Waals surface area contributed by atoms with E-state index in [1.165, 1.54) is 11.3 Å². The van der Waals surface area contributed by atoms with Crippen LogP contribution in [0.1, 0.15) is 17.5 Å². The summed E-state index contributed by atoms with van der Waals surface area (Å²) in [4.78, 5) is 4.92. The van der Waals surface area contributed by atoms with Crippen LogP contribution >= 0.6 is 11.3 Å². The first-order valence-corrected chi connectivity index (χ1v) is 3.73. The Kier molecular flexibility index (Phi) is 2.16. The Balaban J connectivity index is 2.85. The van der Waals surface area contributed by atoms with Crippen LogP contribution in [0.15, 0.2) is 5.51 Å². The van der Waals surface area contributed by atoms with Crippen molar-refractivity contribution in [2.75, 3.05) is 0 Å². The van der Waals surface area contributed by atoms with Crippen LogP contribution in [-0.2, 0) is 13.1 Å². The minimum atomic E-state index is -0.424. The number of hydrogen-bond donors (Lipinski definition) is 0. The molecule has 0 spiro atoms. The number of hydrogen-bond acceptors (Lipinski definition) is 2. The van der Waals surface area contributed by atoms with Crippen LogP contribution in [0.2, 0.25) is 0 Å². The lowest BCUT2D eigenvalue weighted by atomic mass is 10.3. The summed E-state index contributed by atoms with van der Waals surface area (Å²) in [7, 11) is 0. The van der Waals surface area contributed by atoms with Crippen LogP contribution in [0.4, 0.5) is 4.39 Å². The molecule has 0 aromatic carbocycles. The van der Waals surface area contributed by atoms with Crippen LogP contribution in [0.25, 0.3) is 0 Å². The average molecular weight is 145 g/mol. The highest BCUT2D eigenvalue weighted by molar-refractivity contribution is 7.09. The Hall–Kier alpha value is -0.440. The molecule has 0 saturated carbocycles. The second kappa shape index (κ2) is 2.92. The highest BCUT2D eigenvalue weighted by Gasteiger charge is 2.00. The molecule has 0 radical (unpaired) electrons. The van der Waals surface area contributed by atoms with Crippen molar-refractivity contribution in [1.29, 1.82) is 0 Å². The van der Waals surface area contributed by atoms with Gasteiger partial charge in [-0.25, -0.2) is 9.37 Å². The van der Waals surface area contributed by atoms with Gasteiger partial charge in [-0.1, -0.05) is 6.92 Å². The van der Waals surface area contributed by atoms with Crippen molar-refractivity contribution < 1.29 is 4.39 Å². The molecule has 0 atom stereocenters. The maximum atomic E-state index is 12.0. The molecule has 1 rings (SSSR count). The molecule has 1 aromatic heterocycles. The lowest BCUT2D eigenvalue weighted by Crippen LogP contribution is -1.83. The lowest BCUT2D eigenvalue weighted by molar-refractivity contribution is 0.475. The molecule has 9 heavy (non-hydrogen) atoms. The molecule has 1 heterocycles. The summed E-state index contributed by atoms with van der Waals surface area (Å²) < 4.78 is 12.0. The van der Waals surface area contributed by atoms with E-state index in [0.29, 0.717) is 5.69 Å². The monoisotopic (exact) mass is 145 g/mol. The number of aryl methyl sites for hydroxylation is 1. The molecule has 1 nitrogen and oxygen atoms in total. The summed E-state index contributed by atoms with van der Waals surface area (Å²) in [5, 5.41) is 0. The van der Waals surface area contributed by atoms with Gasteiger partial charge < -0.3 is 0 Å². The van der Waals surface area contributed by atoms with Crippen LogP contribution < -0.4 is 0 Å². The molecular formula is C6H8FNS. The van der Waals surface area contributed by atoms with E-state index in [2.05, 4.69) is 4.98 Å². The fourth-order valence-corrected chi connectivity index (χ4v) is 1.41. The summed E-state index contributed by atoms with van der Waals surface area (Å²) >= 11 is 1.52. The third-order valence-electron chi connectivity index (χ3n) is 1.17. The number of rotatable bonds is 2. The molecule has 0 bridgehead atoms. The van der Waals surface area contributed by atoms with Gasteiger partial charge in [0.25, 0.3) is 0 Å². The van der Waals surface area contributed by atoms with Gasteiger partial charge in [-0.15, -0.1) is 11.3 Å². The summed E-state index contributed by atoms with van der Waals surface area (Å²) in [6.45, 7) is 1.58. The van der Waals surface area contributed by atoms with Crippen LogP contribution in [0.5, 0.6) is 0 Å². The van der Waals surface area contributed by atoms with E-state index in [9.17, 15) is 4.39 Å². The molecule has 0 fully saturated rings. The first-order valence-electron chi connectivity index (χ1n) is 2.85. The molecule has 0 aliphatic rings. The third-order valence-corrected chi connectivity index (χ3v) is 2.19. The molecule has 50 valence electrons. The SMILES string of the molecule is CCc1scnc1CF. The van der Waals surface area contributed by atoms with E-state index >= 15 is 0 Å². The van der Waals surface area contributed by atoms with Gasteiger partial charge in [-0.05, 0) is 6.42 Å². The maximum absolute atomic E-state index is 12.0. The fourth-order valence-electron chi connectivity index (χ4n) is 0.690. The van der Waals surface area contributed by atoms with Crippen LogP contribution in [0, 0.1) is 0 Å². The van der Waals surface area contributed by atoms with Gasteiger partial charge >= 0.3 is 0 Å². The maximum Gasteiger partial charge on any atom is 0.133 e. The van der Waals surface area contributed by atoms with Gasteiger partial charge in [0.1, 0.15) is 6.67 Å². The van der Waals surface area contributed by atoms with Crippen LogP contribution in [-0.4, -0.2) is 4.98 Å². The first kappa shape index (κ1) is 6.68. The highest BCUT2D eigenvalue weighted by Crippen LogP contribution is 2.14. The summed E-state index contributed by atoms with van der Waals surface area (Å²) in [5.74, 6) is 0. The Morgan fingerprint density at radius 3 is 3.00 bits per heavy atom. The standard InChI is InChI=1S/C6H8FNS/c1-2-6-5(3-7)8-4-9-6/h4H,2-3H2,1H3. The van der Waals surface area contributed by atoms with Crippen molar-refractivity contribution >= 4 is 11.3 Å². The molecule has 0 saturated heterocycles. The van der Waals surface area contributed by atoms with Gasteiger partial charge in [0, 0.05) is 4.88 Å². The largest absolute Gasteiger partial charge is 0.247 e. The molecule has 0 aliphatic carbocycles. The molecule has 0 unspecified atom stereocenters. The number of alkyl halides is 1. The predicted molar refractivity (Wildman–Crippen MR) is 36.3 cm³/mol. The van der Waals surface area contributed by atoms with E-state index in [4.69, 9.17) is 0 Å². The minimum Gasteiger partial charge on any atom is -0.247 e. The summed E-state index contributed by atoms with van der Waals surface area (Å²) in [5.41, 5.74) is 2.30. The van der Waals surface area contributed by atoms with Crippen molar-refractivity contribution in [3.8, 4) is 0 Å². The van der Waals surface area contributed by atoms with Gasteiger partial charge in [0.15, 0.2) is 0 Å². The zero-order valence-corrected chi connectivity index (χ0v) is 6.04. The molecule has 3 heteroatoms. The number of halogens is 1. The van der Waals surface area contributed by atoms with Crippen molar-refractivity contribution in [1.82, 2.24) is 4.98 Å². The van der Waals surface area contributed by atoms with Crippen molar-refractivity contribution in [2.24, 2.45) is 0 Å². The smallest absolute Gasteiger partial charge is 0.133 e. The molecule has 1 aromatic rings. The van der Waals surface area contributed by atoms with E-state index < -0.39 is 6.67 Å². The van der Waals surface area contributed by atoms with Gasteiger partial charge in [0.05, 0.1) is 11.2 Å². The number of nitrogens with zero attached hydrogens (tertiary/aromatic N) is 1. The normalized spacial score (nSPS) is 10.0. The Labute approximate surface area is 57.6 Å². The van der Waals surface area contributed by atoms with E-state index in [-0.39, 0.29) is 0 Å². The van der Waals surface area contributed by atoms with Gasteiger partial charge in [-0.3, -0.25) is 0 Å². The summed E-state index contributed by atoms with van der Waals surface area (Å²) in [6.07, 6.45) is 0.893. The van der Waals surface area contributed by atoms with Crippen molar-refractivity contribution in [3.63, 3.8) is 0 Å². The predicted octanol–water partition coefficient (Wildman–Crippen LogP) is 2.17. The summed E-state index contributed by atoms with van der Waals surface area (Å²) in [6, 6.07) is 0. The molecule has 0 N–H and O–H groups in total. The second-order valence-electron chi connectivity index (χ2n) is 1.71. The average Bonchev–Trinajstić information content (AvgIpc) is 2.33. The van der Waals surface area contributed by atoms with Gasteiger partial charge in [0.2, 0.25) is 0 Å². The number of aromatic nitrogens is 1. The zero-order chi connectivity index (χ0) is 6.69. The van der Waals surface area contributed by atoms with Gasteiger partial charge in [-0.2, -0.15) is 0 Å². The highest BCUT2D eigenvalue weighted by atomic mass is 32.1. The molecule has 0 amide bonds. The quantitative estimate of drug-likeness (QED) is 0.621. The van der Waals surface area contributed by atoms with E-state index in [0.717, 1.165) is 11.3 Å². The second-order valence-corrected chi connectivity index (χ2v) is 2.65. The topological polar surface area (TPSA) is 12.9 Å². The van der Waals surface area contributed by atoms with E-state index in [1.54, 1.807) is 5.51 Å². The lowest BCUT2D eigenvalue weighted by Gasteiger charge is -1.89. The first-order chi connectivity index (χ1) is 4.38. The number of thiazole rings is 1. The van der Waals surface area contributed by atoms with E-state index in [1.807, 2.05) is 6.92 Å². The Bertz CT molecular complexity index is 166. The third kappa shape index (κ3) is 1.27. The Morgan fingerprint density at radius 2 is 2.56 bits per heavy atom. The molecular weight excluding hydrogens is 137 g/mol. The molecule has 0 aliphatic heterocycles. The fraction of sp³-hybridized carbons (Fsp3) is 0.500. The minimum absolute atomic E-state index is 0.424. The zero-order valence-electron chi connectivity index (χ0n) is 5.22. The van der Waals surface area contributed by atoms with Crippen molar-refractivity contribution in [2.45, 2.75) is 20.0 Å². The Morgan fingerprint density at radius 1 is 1.78 bits per heavy atom.